The number of hydrogen-bond donors (Lipinski definition) is 1. The molecule has 4 aromatic carbocycles. The van der Waals surface area contributed by atoms with Crippen molar-refractivity contribution >= 4 is 44.1 Å². The molecule has 9 nitrogen and oxygen atoms in total. The number of methoxy groups -OCH3 is 1. The first-order valence-electron chi connectivity index (χ1n) is 15.3. The molecule has 1 N–H and O–H groups in total. The number of aromatic nitrogens is 1. The lowest BCUT2D eigenvalue weighted by Gasteiger charge is -2.24. The van der Waals surface area contributed by atoms with Crippen LogP contribution in [0.3, 0.4) is 0 Å². The SMILES string of the molecule is CCCOc1cccc(C(O)=C2C(=O)C(=O)N(c3nc4ccc(OCC)cc4s3)C2c2ccc(OCc3ccccc3)c(OC)c2)c1. The highest BCUT2D eigenvalue weighted by Gasteiger charge is 2.48. The van der Waals surface area contributed by atoms with Crippen molar-refractivity contribution in [1.82, 2.24) is 4.98 Å². The van der Waals surface area contributed by atoms with Gasteiger partial charge in [-0.15, -0.1) is 0 Å². The third kappa shape index (κ3) is 6.50. The zero-order valence-corrected chi connectivity index (χ0v) is 27.1. The molecule has 47 heavy (non-hydrogen) atoms. The van der Waals surface area contributed by atoms with Crippen LogP contribution in [-0.4, -0.2) is 42.1 Å². The number of anilines is 1. The van der Waals surface area contributed by atoms with Crippen molar-refractivity contribution in [3.05, 3.63) is 113 Å². The molecule has 1 aromatic heterocycles. The Morgan fingerprint density at radius 1 is 0.872 bits per heavy atom. The average molecular weight is 651 g/mol. The maximum Gasteiger partial charge on any atom is 0.301 e. The van der Waals surface area contributed by atoms with Crippen LogP contribution in [0.25, 0.3) is 16.0 Å². The van der Waals surface area contributed by atoms with Crippen molar-refractivity contribution in [1.29, 1.82) is 0 Å². The maximum atomic E-state index is 13.9. The van der Waals surface area contributed by atoms with Gasteiger partial charge < -0.3 is 24.1 Å². The Morgan fingerprint density at radius 2 is 1.68 bits per heavy atom. The molecule has 1 amide bonds. The van der Waals surface area contributed by atoms with E-state index in [2.05, 4.69) is 0 Å². The second kappa shape index (κ2) is 14.0. The Labute approximate surface area is 276 Å². The number of rotatable bonds is 12. The fraction of sp³-hybridized carbons (Fsp3) is 0.216. The summed E-state index contributed by atoms with van der Waals surface area (Å²) < 4.78 is 24.0. The van der Waals surface area contributed by atoms with Crippen LogP contribution in [0, 0.1) is 0 Å². The van der Waals surface area contributed by atoms with Crippen molar-refractivity contribution in [3.63, 3.8) is 0 Å². The molecule has 2 heterocycles. The van der Waals surface area contributed by atoms with E-state index in [4.69, 9.17) is 23.9 Å². The van der Waals surface area contributed by atoms with Gasteiger partial charge in [-0.3, -0.25) is 14.5 Å². The standard InChI is InChI=1S/C37H34N2O7S/c1-4-18-45-26-13-9-12-25(19-26)34(40)32-33(24-14-17-29(30(20-24)43-3)46-22-23-10-7-6-8-11-23)39(36(42)35(32)41)37-38-28-16-15-27(44-5-2)21-31(28)47-37/h6-17,19-21,33,40H,4-5,18,22H2,1-3H3. The number of carbonyl (C=O) groups excluding carboxylic acids is 2. The number of carbonyl (C=O) groups is 2. The van der Waals surface area contributed by atoms with Gasteiger partial charge in [0.05, 0.1) is 42.2 Å². The highest BCUT2D eigenvalue weighted by molar-refractivity contribution is 7.22. The van der Waals surface area contributed by atoms with Gasteiger partial charge in [-0.25, -0.2) is 4.98 Å². The van der Waals surface area contributed by atoms with Gasteiger partial charge in [0.2, 0.25) is 0 Å². The summed E-state index contributed by atoms with van der Waals surface area (Å²) in [6, 6.07) is 26.3. The zero-order chi connectivity index (χ0) is 32.9. The average Bonchev–Trinajstić information content (AvgIpc) is 3.63. The Morgan fingerprint density at radius 3 is 2.45 bits per heavy atom. The number of ether oxygens (including phenoxy) is 4. The fourth-order valence-corrected chi connectivity index (χ4v) is 6.44. The van der Waals surface area contributed by atoms with E-state index in [0.717, 1.165) is 16.7 Å². The Bertz CT molecular complexity index is 1950. The fourth-order valence-electron chi connectivity index (χ4n) is 5.41. The monoisotopic (exact) mass is 650 g/mol. The molecule has 0 bridgehead atoms. The van der Waals surface area contributed by atoms with Gasteiger partial charge in [-0.1, -0.05) is 66.8 Å². The molecule has 5 aromatic rings. The minimum Gasteiger partial charge on any atom is -0.507 e. The van der Waals surface area contributed by atoms with Crippen molar-refractivity contribution < 1.29 is 33.6 Å². The van der Waals surface area contributed by atoms with E-state index >= 15 is 0 Å². The molecule has 240 valence electrons. The Hall–Kier alpha value is -5.35. The minimum atomic E-state index is -1.01. The van der Waals surface area contributed by atoms with Gasteiger partial charge in [-0.05, 0) is 66.9 Å². The molecule has 1 atom stereocenters. The first-order valence-corrected chi connectivity index (χ1v) is 16.2. The van der Waals surface area contributed by atoms with Crippen LogP contribution in [0.2, 0.25) is 0 Å². The van der Waals surface area contributed by atoms with E-state index in [0.29, 0.717) is 64.6 Å². The molecule has 1 unspecified atom stereocenters. The Balaban J connectivity index is 1.46. The largest absolute Gasteiger partial charge is 0.507 e. The van der Waals surface area contributed by atoms with Crippen molar-refractivity contribution in [2.24, 2.45) is 0 Å². The third-order valence-corrected chi connectivity index (χ3v) is 8.65. The number of nitrogens with zero attached hydrogens (tertiary/aromatic N) is 2. The molecule has 6 rings (SSSR count). The summed E-state index contributed by atoms with van der Waals surface area (Å²) >= 11 is 1.26. The van der Waals surface area contributed by atoms with E-state index in [1.54, 1.807) is 42.5 Å². The number of benzene rings is 4. The molecular formula is C37H34N2O7S. The summed E-state index contributed by atoms with van der Waals surface area (Å²) in [6.45, 7) is 5.22. The van der Waals surface area contributed by atoms with Crippen LogP contribution < -0.4 is 23.8 Å². The quantitative estimate of drug-likeness (QED) is 0.0832. The summed E-state index contributed by atoms with van der Waals surface area (Å²) in [6.07, 6.45) is 0.808. The first kappa shape index (κ1) is 31.6. The Kier molecular flexibility index (Phi) is 9.40. The predicted octanol–water partition coefficient (Wildman–Crippen LogP) is 7.70. The molecule has 10 heteroatoms. The smallest absolute Gasteiger partial charge is 0.301 e. The number of thiazole rings is 1. The summed E-state index contributed by atoms with van der Waals surface area (Å²) in [7, 11) is 1.52. The van der Waals surface area contributed by atoms with Gasteiger partial charge in [0, 0.05) is 5.56 Å². The van der Waals surface area contributed by atoms with E-state index in [-0.39, 0.29) is 11.3 Å². The van der Waals surface area contributed by atoms with E-state index < -0.39 is 17.7 Å². The molecule has 0 saturated carbocycles. The van der Waals surface area contributed by atoms with Crippen LogP contribution in [0.15, 0.2) is 96.6 Å². The highest BCUT2D eigenvalue weighted by atomic mass is 32.1. The van der Waals surface area contributed by atoms with Crippen LogP contribution in [0.5, 0.6) is 23.0 Å². The molecule has 1 aliphatic rings. The molecule has 1 saturated heterocycles. The van der Waals surface area contributed by atoms with E-state index in [1.807, 2.05) is 62.4 Å². The lowest BCUT2D eigenvalue weighted by atomic mass is 9.95. The van der Waals surface area contributed by atoms with E-state index in [1.165, 1.54) is 23.3 Å². The van der Waals surface area contributed by atoms with Gasteiger partial charge in [0.25, 0.3) is 5.78 Å². The van der Waals surface area contributed by atoms with Crippen LogP contribution >= 0.6 is 11.3 Å². The molecule has 1 fully saturated rings. The number of fused-ring (bicyclic) bond motifs is 1. The summed E-state index contributed by atoms with van der Waals surface area (Å²) in [4.78, 5) is 33.8. The molecule has 0 aliphatic carbocycles. The first-order chi connectivity index (χ1) is 22.9. The van der Waals surface area contributed by atoms with Crippen LogP contribution in [-0.2, 0) is 16.2 Å². The molecule has 0 spiro atoms. The van der Waals surface area contributed by atoms with Gasteiger partial charge in [0.1, 0.15) is 23.9 Å². The van der Waals surface area contributed by atoms with Gasteiger partial charge in [-0.2, -0.15) is 0 Å². The maximum absolute atomic E-state index is 13.9. The predicted molar refractivity (Wildman–Crippen MR) is 182 cm³/mol. The van der Waals surface area contributed by atoms with Gasteiger partial charge in [0.15, 0.2) is 16.6 Å². The third-order valence-electron chi connectivity index (χ3n) is 7.63. The lowest BCUT2D eigenvalue weighted by Crippen LogP contribution is -2.29. The summed E-state index contributed by atoms with van der Waals surface area (Å²) in [5, 5.41) is 12.0. The number of aliphatic hydroxyl groups excluding tert-OH is 1. The van der Waals surface area contributed by atoms with Gasteiger partial charge >= 0.3 is 5.91 Å². The molecule has 0 radical (unpaired) electrons. The normalized spacial score (nSPS) is 15.6. The minimum absolute atomic E-state index is 0.0723. The number of Topliss-reactive ketones (excluding diaryl/α,β-unsaturated/α-hetero) is 1. The zero-order valence-electron chi connectivity index (χ0n) is 26.3. The second-order valence-electron chi connectivity index (χ2n) is 10.8. The van der Waals surface area contributed by atoms with Crippen LogP contribution in [0.1, 0.15) is 43.0 Å². The second-order valence-corrected chi connectivity index (χ2v) is 11.8. The molecular weight excluding hydrogens is 616 g/mol. The lowest BCUT2D eigenvalue weighted by molar-refractivity contribution is -0.132. The van der Waals surface area contributed by atoms with E-state index in [9.17, 15) is 14.7 Å². The van der Waals surface area contributed by atoms with Crippen molar-refractivity contribution in [3.8, 4) is 23.0 Å². The number of aliphatic hydroxyl groups is 1. The topological polar surface area (TPSA) is 107 Å². The van der Waals surface area contributed by atoms with Crippen molar-refractivity contribution in [2.45, 2.75) is 32.9 Å². The number of ketones is 1. The highest BCUT2D eigenvalue weighted by Crippen LogP contribution is 2.46. The number of amides is 1. The van der Waals surface area contributed by atoms with Crippen molar-refractivity contribution in [2.75, 3.05) is 25.2 Å². The summed E-state index contributed by atoms with van der Waals surface area (Å²) in [5.41, 5.74) is 2.44. The summed E-state index contributed by atoms with van der Waals surface area (Å²) in [5.74, 6) is 0.161. The number of hydrogen-bond acceptors (Lipinski definition) is 9. The van der Waals surface area contributed by atoms with Crippen LogP contribution in [0.4, 0.5) is 5.13 Å². The molecule has 1 aliphatic heterocycles.